The van der Waals surface area contributed by atoms with Crippen molar-refractivity contribution in [2.45, 2.75) is 78.7 Å². The summed E-state index contributed by atoms with van der Waals surface area (Å²) >= 11 is 3.40. The van der Waals surface area contributed by atoms with Crippen molar-refractivity contribution in [3.8, 4) is 0 Å². The number of rotatable bonds is 3. The number of carbonyl (C=O) groups is 4. The van der Waals surface area contributed by atoms with E-state index in [1.165, 1.54) is 14.2 Å². The zero-order valence-electron chi connectivity index (χ0n) is 35.4. The molecule has 0 aliphatic carbocycles. The van der Waals surface area contributed by atoms with Crippen LogP contribution in [0.3, 0.4) is 0 Å². The van der Waals surface area contributed by atoms with Gasteiger partial charge in [-0.2, -0.15) is 0 Å². The average molecular weight is 856 g/mol. The zero-order valence-corrected chi connectivity index (χ0v) is 37.0. The van der Waals surface area contributed by atoms with Gasteiger partial charge in [-0.15, -0.1) is 0 Å². The molecule has 4 heterocycles. The Balaban J connectivity index is 0.000000209. The molecule has 1 N–H and O–H groups in total. The van der Waals surface area contributed by atoms with E-state index in [0.717, 1.165) is 58.1 Å². The number of halogens is 1. The molecule has 2 amide bonds. The molecule has 2 saturated heterocycles. The number of fused-ring (bicyclic) bond motifs is 2. The summed E-state index contributed by atoms with van der Waals surface area (Å²) in [7, 11) is 6.60. The summed E-state index contributed by atoms with van der Waals surface area (Å²) < 4.78 is 25.2. The molecule has 0 unspecified atom stereocenters. The molecule has 57 heavy (non-hydrogen) atoms. The molecule has 0 spiro atoms. The van der Waals surface area contributed by atoms with Gasteiger partial charge in [0.2, 0.25) is 0 Å². The lowest BCUT2D eigenvalue weighted by molar-refractivity contribution is 0.0197. The second kappa shape index (κ2) is 18.7. The Morgan fingerprint density at radius 1 is 0.702 bits per heavy atom. The van der Waals surface area contributed by atoms with Gasteiger partial charge in [-0.25, -0.2) is 19.2 Å². The van der Waals surface area contributed by atoms with Crippen molar-refractivity contribution in [1.29, 1.82) is 0 Å². The van der Waals surface area contributed by atoms with E-state index in [0.29, 0.717) is 30.3 Å². The first kappa shape index (κ1) is 44.9. The number of ether oxygens (including phenoxy) is 4. The van der Waals surface area contributed by atoms with Crippen molar-refractivity contribution in [2.75, 3.05) is 58.4 Å². The Bertz CT molecular complexity index is 2060. The fraction of sp³-hybridized carbons (Fsp3) is 0.524. The number of methoxy groups -OCH3 is 2. The molecule has 2 aliphatic rings. The standard InChI is InChI=1S/C21H29N3O4.C11H10BrNO2.C10H20N2O2/c1-14-12-23(20(26)28-21(2,3)4)9-10-24(14)15-7-8-16-17(19(25)27-6)13-22(5)18(16)11-15;1-13-6-9(11(14)15-2)8-4-3-7(12)5-10(8)13;1-8-7-12(6-5-11-8)9(13)14-10(2,3)4/h7-8,11,13-14H,9-10,12H2,1-6H3;3-6H,1-2H3;8,11H,5-7H2,1-4H3/t14-;;8-/m1.1/s1. The van der Waals surface area contributed by atoms with Crippen LogP contribution in [0.25, 0.3) is 21.8 Å². The molecule has 2 aromatic carbocycles. The second-order valence-electron chi connectivity index (χ2n) is 16.4. The van der Waals surface area contributed by atoms with Gasteiger partial charge in [0.05, 0.1) is 30.9 Å². The van der Waals surface area contributed by atoms with Crippen LogP contribution in [0, 0.1) is 0 Å². The van der Waals surface area contributed by atoms with Crippen molar-refractivity contribution in [3.05, 3.63) is 64.4 Å². The number of carbonyl (C=O) groups excluding carboxylic acids is 4. The molecule has 2 fully saturated rings. The number of piperazine rings is 2. The van der Waals surface area contributed by atoms with Gasteiger partial charge in [-0.1, -0.05) is 22.0 Å². The third-order valence-corrected chi connectivity index (χ3v) is 9.86. The van der Waals surface area contributed by atoms with E-state index in [-0.39, 0.29) is 30.2 Å². The highest BCUT2D eigenvalue weighted by Crippen LogP contribution is 2.29. The van der Waals surface area contributed by atoms with Crippen LogP contribution in [0.2, 0.25) is 0 Å². The maximum absolute atomic E-state index is 12.4. The third-order valence-electron chi connectivity index (χ3n) is 9.37. The van der Waals surface area contributed by atoms with Crippen molar-refractivity contribution in [1.82, 2.24) is 24.3 Å². The van der Waals surface area contributed by atoms with Crippen LogP contribution in [0.5, 0.6) is 0 Å². The maximum Gasteiger partial charge on any atom is 0.410 e. The van der Waals surface area contributed by atoms with E-state index < -0.39 is 11.2 Å². The van der Waals surface area contributed by atoms with Gasteiger partial charge in [-0.3, -0.25) is 0 Å². The number of amides is 2. The highest BCUT2D eigenvalue weighted by molar-refractivity contribution is 9.10. The fourth-order valence-electron chi connectivity index (χ4n) is 6.71. The maximum atomic E-state index is 12.4. The first-order chi connectivity index (χ1) is 26.6. The molecule has 312 valence electrons. The molecule has 6 rings (SSSR count). The van der Waals surface area contributed by atoms with Crippen molar-refractivity contribution >= 4 is 67.5 Å². The van der Waals surface area contributed by atoms with Gasteiger partial charge < -0.3 is 48.1 Å². The van der Waals surface area contributed by atoms with Crippen LogP contribution in [0.1, 0.15) is 76.1 Å². The number of esters is 2. The van der Waals surface area contributed by atoms with Gasteiger partial charge in [0.15, 0.2) is 0 Å². The van der Waals surface area contributed by atoms with E-state index in [2.05, 4.69) is 46.1 Å². The number of hydrogen-bond donors (Lipinski definition) is 1. The van der Waals surface area contributed by atoms with Crippen molar-refractivity contribution in [3.63, 3.8) is 0 Å². The number of nitrogens with zero attached hydrogens (tertiary/aromatic N) is 5. The predicted octanol–water partition coefficient (Wildman–Crippen LogP) is 7.35. The molecule has 0 saturated carbocycles. The third kappa shape index (κ3) is 11.9. The zero-order chi connectivity index (χ0) is 42.4. The summed E-state index contributed by atoms with van der Waals surface area (Å²) in [6.07, 6.45) is 3.11. The number of aryl methyl sites for hydroxylation is 2. The van der Waals surface area contributed by atoms with Gasteiger partial charge in [0, 0.05) is 104 Å². The van der Waals surface area contributed by atoms with Crippen molar-refractivity contribution in [2.24, 2.45) is 14.1 Å². The highest BCUT2D eigenvalue weighted by Gasteiger charge is 2.30. The topological polar surface area (TPSA) is 137 Å². The summed E-state index contributed by atoms with van der Waals surface area (Å²) in [6.45, 7) is 19.7. The molecule has 4 aromatic rings. The minimum atomic E-state index is -0.494. The summed E-state index contributed by atoms with van der Waals surface area (Å²) in [5.41, 5.74) is 3.32. The van der Waals surface area contributed by atoms with Crippen LogP contribution < -0.4 is 10.2 Å². The molecule has 0 bridgehead atoms. The van der Waals surface area contributed by atoms with E-state index in [1.807, 2.05) is 95.1 Å². The SMILES string of the molecule is COC(=O)c1cn(C)c2cc(Br)ccc12.COC(=O)c1cn(C)c2cc(N3CCN(C(=O)OC(C)(C)C)C[C@H]3C)ccc12.C[C@@H]1CN(C(=O)OC(C)(C)C)CCN1. The van der Waals surface area contributed by atoms with Crippen LogP contribution in [0.15, 0.2) is 53.3 Å². The summed E-state index contributed by atoms with van der Waals surface area (Å²) in [6, 6.07) is 12.4. The van der Waals surface area contributed by atoms with E-state index in [9.17, 15) is 19.2 Å². The van der Waals surface area contributed by atoms with Crippen LogP contribution in [-0.2, 0) is 33.0 Å². The fourth-order valence-corrected chi connectivity index (χ4v) is 7.06. The van der Waals surface area contributed by atoms with Crippen LogP contribution in [-0.4, -0.2) is 120 Å². The Labute approximate surface area is 344 Å². The van der Waals surface area contributed by atoms with E-state index in [1.54, 1.807) is 22.2 Å². The van der Waals surface area contributed by atoms with Gasteiger partial charge >= 0.3 is 24.1 Å². The molecule has 2 aromatic heterocycles. The number of aromatic nitrogens is 2. The van der Waals surface area contributed by atoms with E-state index >= 15 is 0 Å². The molecule has 2 atom stereocenters. The van der Waals surface area contributed by atoms with Gasteiger partial charge in [-0.05, 0) is 85.7 Å². The average Bonchev–Trinajstić information content (AvgIpc) is 3.65. The first-order valence-corrected chi connectivity index (χ1v) is 19.9. The van der Waals surface area contributed by atoms with Crippen molar-refractivity contribution < 1.29 is 38.1 Å². The Morgan fingerprint density at radius 2 is 1.19 bits per heavy atom. The molecule has 2 aliphatic heterocycles. The lowest BCUT2D eigenvalue weighted by Gasteiger charge is -2.41. The monoisotopic (exact) mass is 854 g/mol. The van der Waals surface area contributed by atoms with E-state index in [4.69, 9.17) is 18.9 Å². The highest BCUT2D eigenvalue weighted by atomic mass is 79.9. The summed E-state index contributed by atoms with van der Waals surface area (Å²) in [5, 5.41) is 5.06. The smallest absolute Gasteiger partial charge is 0.410 e. The first-order valence-electron chi connectivity index (χ1n) is 19.1. The Kier molecular flexibility index (Phi) is 14.7. The van der Waals surface area contributed by atoms with Gasteiger partial charge in [0.1, 0.15) is 11.2 Å². The van der Waals surface area contributed by atoms with Crippen LogP contribution in [0.4, 0.5) is 15.3 Å². The Morgan fingerprint density at radius 3 is 1.67 bits per heavy atom. The minimum Gasteiger partial charge on any atom is -0.465 e. The molecular formula is C42H59BrN6O8. The lowest BCUT2D eigenvalue weighted by Crippen LogP contribution is -2.54. The number of benzene rings is 2. The molecule has 0 radical (unpaired) electrons. The predicted molar refractivity (Wildman–Crippen MR) is 226 cm³/mol. The number of anilines is 1. The second-order valence-corrected chi connectivity index (χ2v) is 17.3. The largest absolute Gasteiger partial charge is 0.465 e. The number of hydrogen-bond acceptors (Lipinski definition) is 10. The Hall–Kier alpha value is -4.76. The molecule has 15 heteroatoms. The lowest BCUT2D eigenvalue weighted by atomic mass is 10.1. The molecular weight excluding hydrogens is 796 g/mol. The summed E-state index contributed by atoms with van der Waals surface area (Å²) in [4.78, 5) is 53.3. The normalized spacial score (nSPS) is 17.2. The minimum absolute atomic E-state index is 0.152. The summed E-state index contributed by atoms with van der Waals surface area (Å²) in [5.74, 6) is -0.638. The molecule has 14 nitrogen and oxygen atoms in total. The van der Waals surface area contributed by atoms with Gasteiger partial charge in [0.25, 0.3) is 0 Å². The van der Waals surface area contributed by atoms with Crippen LogP contribution >= 0.6 is 15.9 Å². The quantitative estimate of drug-likeness (QED) is 0.165. The number of nitrogens with one attached hydrogen (secondary N) is 1.